The third-order valence-corrected chi connectivity index (χ3v) is 3.69. The molecule has 0 spiro atoms. The lowest BCUT2D eigenvalue weighted by Crippen LogP contribution is -2.50. The number of aliphatic hydroxyl groups excluding tert-OH is 1. The van der Waals surface area contributed by atoms with Crippen molar-refractivity contribution in [3.8, 4) is 0 Å². The molecule has 2 N–H and O–H groups in total. The average Bonchev–Trinajstić information content (AvgIpc) is 2.33. The van der Waals surface area contributed by atoms with Crippen molar-refractivity contribution < 1.29 is 5.11 Å². The maximum Gasteiger partial charge on any atom is 0.0431 e. The largest absolute Gasteiger partial charge is 0.396 e. The smallest absolute Gasteiger partial charge is 0.0431 e. The van der Waals surface area contributed by atoms with Gasteiger partial charge in [0.05, 0.1) is 0 Å². The summed E-state index contributed by atoms with van der Waals surface area (Å²) in [5.74, 6) is 1.51. The molecule has 1 fully saturated rings. The second-order valence-corrected chi connectivity index (χ2v) is 6.23. The van der Waals surface area contributed by atoms with Crippen molar-refractivity contribution in [2.45, 2.75) is 52.5 Å². The molecule has 0 aliphatic carbocycles. The van der Waals surface area contributed by atoms with Gasteiger partial charge in [-0.15, -0.1) is 0 Å². The average molecular weight is 256 g/mol. The Balaban J connectivity index is 2.43. The number of likely N-dealkylation sites (tertiary alicyclic amines) is 1. The Morgan fingerprint density at radius 3 is 2.72 bits per heavy atom. The molecule has 1 aliphatic rings. The first kappa shape index (κ1) is 15.9. The Morgan fingerprint density at radius 2 is 2.11 bits per heavy atom. The van der Waals surface area contributed by atoms with E-state index in [4.69, 9.17) is 5.11 Å². The number of piperidine rings is 1. The Kier molecular flexibility index (Phi) is 7.87. The molecule has 0 radical (unpaired) electrons. The van der Waals surface area contributed by atoms with Gasteiger partial charge >= 0.3 is 0 Å². The molecule has 0 aromatic heterocycles. The van der Waals surface area contributed by atoms with E-state index in [0.29, 0.717) is 12.6 Å². The third kappa shape index (κ3) is 6.17. The predicted molar refractivity (Wildman–Crippen MR) is 77.8 cm³/mol. The van der Waals surface area contributed by atoms with Crippen molar-refractivity contribution >= 4 is 0 Å². The van der Waals surface area contributed by atoms with Crippen LogP contribution >= 0.6 is 0 Å². The molecule has 3 nitrogen and oxygen atoms in total. The van der Waals surface area contributed by atoms with Crippen LogP contribution in [-0.4, -0.2) is 48.8 Å². The van der Waals surface area contributed by atoms with E-state index < -0.39 is 0 Å². The van der Waals surface area contributed by atoms with Gasteiger partial charge in [0.15, 0.2) is 0 Å². The van der Waals surface area contributed by atoms with Gasteiger partial charge < -0.3 is 15.3 Å². The molecule has 3 heteroatoms. The summed E-state index contributed by atoms with van der Waals surface area (Å²) in [6.45, 7) is 11.9. The van der Waals surface area contributed by atoms with Gasteiger partial charge in [-0.05, 0) is 44.1 Å². The molecule has 0 bridgehead atoms. The van der Waals surface area contributed by atoms with Crippen LogP contribution in [0.25, 0.3) is 0 Å². The van der Waals surface area contributed by atoms with E-state index in [1.807, 2.05) is 0 Å². The van der Waals surface area contributed by atoms with Crippen molar-refractivity contribution in [1.82, 2.24) is 10.2 Å². The number of nitrogens with zero attached hydrogens (tertiary/aromatic N) is 1. The zero-order valence-corrected chi connectivity index (χ0v) is 12.5. The van der Waals surface area contributed by atoms with E-state index in [0.717, 1.165) is 24.8 Å². The molecule has 1 aliphatic heterocycles. The van der Waals surface area contributed by atoms with Crippen molar-refractivity contribution in [2.75, 3.05) is 32.8 Å². The fourth-order valence-corrected chi connectivity index (χ4v) is 3.05. The lowest BCUT2D eigenvalue weighted by atomic mass is 9.90. The summed E-state index contributed by atoms with van der Waals surface area (Å²) in [7, 11) is 0. The van der Waals surface area contributed by atoms with Crippen LogP contribution < -0.4 is 5.32 Å². The summed E-state index contributed by atoms with van der Waals surface area (Å²) in [5, 5.41) is 12.7. The summed E-state index contributed by atoms with van der Waals surface area (Å²) in [6.07, 6.45) is 4.63. The first-order valence-corrected chi connectivity index (χ1v) is 7.72. The highest BCUT2D eigenvalue weighted by atomic mass is 16.2. The molecule has 0 saturated carbocycles. The highest BCUT2D eigenvalue weighted by Crippen LogP contribution is 2.22. The van der Waals surface area contributed by atoms with Gasteiger partial charge in [0.1, 0.15) is 0 Å². The van der Waals surface area contributed by atoms with E-state index in [2.05, 4.69) is 31.0 Å². The Labute approximate surface area is 113 Å². The fraction of sp³-hybridized carbons (Fsp3) is 1.00. The van der Waals surface area contributed by atoms with Gasteiger partial charge in [-0.25, -0.2) is 0 Å². The Hall–Kier alpha value is -0.120. The van der Waals surface area contributed by atoms with Gasteiger partial charge in [-0.3, -0.25) is 0 Å². The molecular weight excluding hydrogens is 224 g/mol. The molecule has 0 aromatic rings. The number of aliphatic hydroxyl groups is 1. The van der Waals surface area contributed by atoms with Gasteiger partial charge in [-0.2, -0.15) is 0 Å². The Bertz CT molecular complexity index is 193. The van der Waals surface area contributed by atoms with E-state index in [1.54, 1.807) is 0 Å². The minimum Gasteiger partial charge on any atom is -0.396 e. The molecule has 0 aromatic carbocycles. The molecule has 1 saturated heterocycles. The van der Waals surface area contributed by atoms with Crippen LogP contribution in [0.15, 0.2) is 0 Å². The van der Waals surface area contributed by atoms with Gasteiger partial charge in [0.25, 0.3) is 0 Å². The van der Waals surface area contributed by atoms with Crippen LogP contribution in [0.4, 0.5) is 0 Å². The molecule has 1 rings (SSSR count). The van der Waals surface area contributed by atoms with Crippen LogP contribution in [-0.2, 0) is 0 Å². The zero-order chi connectivity index (χ0) is 13.4. The molecule has 2 unspecified atom stereocenters. The summed E-state index contributed by atoms with van der Waals surface area (Å²) in [4.78, 5) is 2.61. The molecule has 1 heterocycles. The predicted octanol–water partition coefficient (Wildman–Crippen LogP) is 2.10. The van der Waals surface area contributed by atoms with Gasteiger partial charge in [0, 0.05) is 32.3 Å². The number of nitrogens with one attached hydrogen (secondary N) is 1. The lowest BCUT2D eigenvalue weighted by molar-refractivity contribution is 0.118. The molecule has 18 heavy (non-hydrogen) atoms. The highest BCUT2D eigenvalue weighted by molar-refractivity contribution is 4.83. The van der Waals surface area contributed by atoms with Gasteiger partial charge in [0.2, 0.25) is 0 Å². The SMILES string of the molecule is CCCNC1CC(CCCO)CN(CC(C)C)C1. The topological polar surface area (TPSA) is 35.5 Å². The summed E-state index contributed by atoms with van der Waals surface area (Å²) >= 11 is 0. The maximum absolute atomic E-state index is 8.99. The molecule has 2 atom stereocenters. The normalized spacial score (nSPS) is 25.8. The van der Waals surface area contributed by atoms with Crippen LogP contribution in [0.2, 0.25) is 0 Å². The summed E-state index contributed by atoms with van der Waals surface area (Å²) in [6, 6.07) is 0.654. The molecule has 0 amide bonds. The van der Waals surface area contributed by atoms with Gasteiger partial charge in [-0.1, -0.05) is 20.8 Å². The maximum atomic E-state index is 8.99. The van der Waals surface area contributed by atoms with Crippen molar-refractivity contribution in [3.05, 3.63) is 0 Å². The number of hydrogen-bond acceptors (Lipinski definition) is 3. The quantitative estimate of drug-likeness (QED) is 0.698. The van der Waals surface area contributed by atoms with Crippen LogP contribution in [0, 0.1) is 11.8 Å². The van der Waals surface area contributed by atoms with Crippen molar-refractivity contribution in [1.29, 1.82) is 0 Å². The van der Waals surface area contributed by atoms with Crippen LogP contribution in [0.3, 0.4) is 0 Å². The third-order valence-electron chi connectivity index (χ3n) is 3.69. The summed E-state index contributed by atoms with van der Waals surface area (Å²) in [5.41, 5.74) is 0. The number of hydrogen-bond donors (Lipinski definition) is 2. The minimum atomic E-state index is 0.341. The second-order valence-electron chi connectivity index (χ2n) is 6.23. The van der Waals surface area contributed by atoms with E-state index in [-0.39, 0.29) is 0 Å². The molecule has 108 valence electrons. The van der Waals surface area contributed by atoms with E-state index >= 15 is 0 Å². The van der Waals surface area contributed by atoms with Crippen LogP contribution in [0.1, 0.15) is 46.5 Å². The van der Waals surface area contributed by atoms with E-state index in [9.17, 15) is 0 Å². The first-order valence-electron chi connectivity index (χ1n) is 7.72. The molecular formula is C15H32N2O. The zero-order valence-electron chi connectivity index (χ0n) is 12.5. The Morgan fingerprint density at radius 1 is 1.33 bits per heavy atom. The fourth-order valence-electron chi connectivity index (χ4n) is 3.05. The number of rotatable bonds is 8. The minimum absolute atomic E-state index is 0.341. The van der Waals surface area contributed by atoms with Crippen molar-refractivity contribution in [3.63, 3.8) is 0 Å². The van der Waals surface area contributed by atoms with E-state index in [1.165, 1.54) is 38.9 Å². The summed E-state index contributed by atoms with van der Waals surface area (Å²) < 4.78 is 0. The first-order chi connectivity index (χ1) is 8.65. The second kappa shape index (κ2) is 8.89. The highest BCUT2D eigenvalue weighted by Gasteiger charge is 2.26. The monoisotopic (exact) mass is 256 g/mol. The standard InChI is InChI=1S/C15H32N2O/c1-4-7-16-15-9-14(6-5-8-18)11-17(12-15)10-13(2)3/h13-16,18H,4-12H2,1-3H3. The van der Waals surface area contributed by atoms with Crippen molar-refractivity contribution in [2.24, 2.45) is 11.8 Å². The van der Waals surface area contributed by atoms with Crippen LogP contribution in [0.5, 0.6) is 0 Å². The lowest BCUT2D eigenvalue weighted by Gasteiger charge is -2.39.